The van der Waals surface area contributed by atoms with Crippen molar-refractivity contribution < 1.29 is 0 Å². The van der Waals surface area contributed by atoms with Crippen molar-refractivity contribution in [2.24, 2.45) is 0 Å². The van der Waals surface area contributed by atoms with Crippen LogP contribution in [0.25, 0.3) is 0 Å². The van der Waals surface area contributed by atoms with E-state index in [1.165, 1.54) is 44.9 Å². The highest BCUT2D eigenvalue weighted by Crippen LogP contribution is 2.23. The van der Waals surface area contributed by atoms with Gasteiger partial charge < -0.3 is 5.32 Å². The first kappa shape index (κ1) is 13.0. The number of rotatable bonds is 8. The number of unbranched alkanes of at least 4 members (excludes halogenated alkanes) is 2. The van der Waals surface area contributed by atoms with Crippen LogP contribution in [0.4, 0.5) is 0 Å². The normalized spacial score (nSPS) is 15.7. The molecule has 0 aromatic carbocycles. The zero-order chi connectivity index (χ0) is 10.2. The predicted molar refractivity (Wildman–Crippen MR) is 61.1 cm³/mol. The van der Waals surface area contributed by atoms with E-state index in [-0.39, 0.29) is 0 Å². The zero-order valence-corrected chi connectivity index (χ0v) is 9.95. The molecule has 0 saturated heterocycles. The second-order valence-corrected chi connectivity index (χ2v) is 4.09. The Morgan fingerprint density at radius 2 is 1.62 bits per heavy atom. The van der Waals surface area contributed by atoms with Crippen LogP contribution in [-0.2, 0) is 0 Å². The van der Waals surface area contributed by atoms with Crippen molar-refractivity contribution in [1.29, 1.82) is 0 Å². The lowest BCUT2D eigenvalue weighted by Gasteiger charge is -2.32. The third-order valence-electron chi connectivity index (χ3n) is 3.19. The van der Waals surface area contributed by atoms with Crippen molar-refractivity contribution in [1.82, 2.24) is 5.32 Å². The first-order valence-corrected chi connectivity index (χ1v) is 5.93. The third kappa shape index (κ3) is 4.66. The lowest BCUT2D eigenvalue weighted by atomic mass is 9.85. The summed E-state index contributed by atoms with van der Waals surface area (Å²) in [5.74, 6) is 0. The molecule has 80 valence electrons. The first-order chi connectivity index (χ1) is 6.24. The van der Waals surface area contributed by atoms with Crippen molar-refractivity contribution in [3.05, 3.63) is 0 Å². The molecule has 0 saturated carbocycles. The standard InChI is InChI=1S/C12H27N/c1-5-8-9-11-12(7-3,13-4)10-6-2/h13H,5-11H2,1-4H3. The smallest absolute Gasteiger partial charge is 0.0175 e. The van der Waals surface area contributed by atoms with Crippen LogP contribution in [0.15, 0.2) is 0 Å². The van der Waals surface area contributed by atoms with Crippen LogP contribution in [0.5, 0.6) is 0 Å². The molecule has 0 aromatic heterocycles. The van der Waals surface area contributed by atoms with Crippen molar-refractivity contribution in [2.75, 3.05) is 7.05 Å². The highest BCUT2D eigenvalue weighted by atomic mass is 14.9. The molecule has 0 aliphatic carbocycles. The molecular formula is C12H27N. The second-order valence-electron chi connectivity index (χ2n) is 4.09. The van der Waals surface area contributed by atoms with E-state index in [0.717, 1.165) is 0 Å². The number of hydrogen-bond acceptors (Lipinski definition) is 1. The summed E-state index contributed by atoms with van der Waals surface area (Å²) >= 11 is 0. The quantitative estimate of drug-likeness (QED) is 0.568. The molecule has 0 bridgehead atoms. The first-order valence-electron chi connectivity index (χ1n) is 5.93. The third-order valence-corrected chi connectivity index (χ3v) is 3.19. The summed E-state index contributed by atoms with van der Waals surface area (Å²) in [7, 11) is 2.12. The molecule has 0 aromatic rings. The Bertz CT molecular complexity index is 106. The van der Waals surface area contributed by atoms with Gasteiger partial charge in [0.15, 0.2) is 0 Å². The molecule has 0 heterocycles. The number of hydrogen-bond donors (Lipinski definition) is 1. The summed E-state index contributed by atoms with van der Waals surface area (Å²) in [4.78, 5) is 0. The van der Waals surface area contributed by atoms with E-state index in [4.69, 9.17) is 0 Å². The molecule has 1 unspecified atom stereocenters. The predicted octanol–water partition coefficient (Wildman–Crippen LogP) is 3.74. The maximum absolute atomic E-state index is 3.53. The van der Waals surface area contributed by atoms with Gasteiger partial charge in [-0.2, -0.15) is 0 Å². The SMILES string of the molecule is CCCCCC(CC)(CCC)NC. The van der Waals surface area contributed by atoms with Gasteiger partial charge in [-0.25, -0.2) is 0 Å². The van der Waals surface area contributed by atoms with E-state index < -0.39 is 0 Å². The van der Waals surface area contributed by atoms with Crippen LogP contribution >= 0.6 is 0 Å². The highest BCUT2D eigenvalue weighted by molar-refractivity contribution is 4.84. The minimum atomic E-state index is 0.434. The Labute approximate surface area is 84.3 Å². The molecule has 0 spiro atoms. The maximum atomic E-state index is 3.53. The van der Waals surface area contributed by atoms with Gasteiger partial charge in [-0.3, -0.25) is 0 Å². The maximum Gasteiger partial charge on any atom is 0.0175 e. The van der Waals surface area contributed by atoms with E-state index in [9.17, 15) is 0 Å². The average Bonchev–Trinajstić information content (AvgIpc) is 2.17. The fraction of sp³-hybridized carbons (Fsp3) is 1.00. The summed E-state index contributed by atoms with van der Waals surface area (Å²) in [5, 5.41) is 3.53. The van der Waals surface area contributed by atoms with Crippen LogP contribution in [0.2, 0.25) is 0 Å². The molecule has 1 heteroatoms. The van der Waals surface area contributed by atoms with Crippen molar-refractivity contribution in [2.45, 2.75) is 71.3 Å². The molecule has 0 rings (SSSR count). The fourth-order valence-corrected chi connectivity index (χ4v) is 2.10. The van der Waals surface area contributed by atoms with Crippen molar-refractivity contribution in [3.8, 4) is 0 Å². The second kappa shape index (κ2) is 7.37. The van der Waals surface area contributed by atoms with Gasteiger partial charge in [-0.05, 0) is 26.3 Å². The molecule has 0 aliphatic heterocycles. The monoisotopic (exact) mass is 185 g/mol. The van der Waals surface area contributed by atoms with Gasteiger partial charge in [0.25, 0.3) is 0 Å². The summed E-state index contributed by atoms with van der Waals surface area (Å²) < 4.78 is 0. The molecule has 1 N–H and O–H groups in total. The van der Waals surface area contributed by atoms with Gasteiger partial charge in [-0.15, -0.1) is 0 Å². The van der Waals surface area contributed by atoms with Gasteiger partial charge in [0.05, 0.1) is 0 Å². The van der Waals surface area contributed by atoms with Crippen LogP contribution < -0.4 is 5.32 Å². The molecule has 1 atom stereocenters. The Morgan fingerprint density at radius 3 is 2.00 bits per heavy atom. The topological polar surface area (TPSA) is 12.0 Å². The van der Waals surface area contributed by atoms with Gasteiger partial charge in [0, 0.05) is 5.54 Å². The van der Waals surface area contributed by atoms with E-state index in [2.05, 4.69) is 33.1 Å². The summed E-state index contributed by atoms with van der Waals surface area (Å²) in [5.41, 5.74) is 0.434. The average molecular weight is 185 g/mol. The van der Waals surface area contributed by atoms with E-state index >= 15 is 0 Å². The molecular weight excluding hydrogens is 158 g/mol. The van der Waals surface area contributed by atoms with E-state index in [1.54, 1.807) is 0 Å². The summed E-state index contributed by atoms with van der Waals surface area (Å²) in [6, 6.07) is 0. The van der Waals surface area contributed by atoms with Crippen molar-refractivity contribution >= 4 is 0 Å². The number of nitrogens with one attached hydrogen (secondary N) is 1. The molecule has 13 heavy (non-hydrogen) atoms. The minimum Gasteiger partial charge on any atom is -0.314 e. The lowest BCUT2D eigenvalue weighted by molar-refractivity contribution is 0.278. The molecule has 0 aliphatic rings. The molecule has 0 radical (unpaired) electrons. The van der Waals surface area contributed by atoms with E-state index in [1.807, 2.05) is 0 Å². The molecule has 0 amide bonds. The van der Waals surface area contributed by atoms with Gasteiger partial charge in [0.2, 0.25) is 0 Å². The van der Waals surface area contributed by atoms with Gasteiger partial charge >= 0.3 is 0 Å². The largest absolute Gasteiger partial charge is 0.314 e. The van der Waals surface area contributed by atoms with Crippen LogP contribution in [0.3, 0.4) is 0 Å². The summed E-state index contributed by atoms with van der Waals surface area (Å²) in [6.07, 6.45) is 9.32. The molecule has 1 nitrogen and oxygen atoms in total. The van der Waals surface area contributed by atoms with Gasteiger partial charge in [0.1, 0.15) is 0 Å². The summed E-state index contributed by atoms with van der Waals surface area (Å²) in [6.45, 7) is 6.85. The Morgan fingerprint density at radius 1 is 0.923 bits per heavy atom. The minimum absolute atomic E-state index is 0.434. The Balaban J connectivity index is 3.89. The van der Waals surface area contributed by atoms with Crippen LogP contribution in [0, 0.1) is 0 Å². The fourth-order valence-electron chi connectivity index (χ4n) is 2.10. The molecule has 0 fully saturated rings. The highest BCUT2D eigenvalue weighted by Gasteiger charge is 2.23. The Kier molecular flexibility index (Phi) is 7.35. The van der Waals surface area contributed by atoms with Crippen LogP contribution in [0.1, 0.15) is 65.7 Å². The lowest BCUT2D eigenvalue weighted by Crippen LogP contribution is -2.42. The Hall–Kier alpha value is -0.0400. The van der Waals surface area contributed by atoms with E-state index in [0.29, 0.717) is 5.54 Å². The van der Waals surface area contributed by atoms with Gasteiger partial charge in [-0.1, -0.05) is 46.5 Å². The van der Waals surface area contributed by atoms with Crippen LogP contribution in [-0.4, -0.2) is 12.6 Å². The van der Waals surface area contributed by atoms with Crippen molar-refractivity contribution in [3.63, 3.8) is 0 Å². The zero-order valence-electron chi connectivity index (χ0n) is 9.95.